The largest absolute Gasteiger partial charge is 0.504 e. The molecule has 0 bridgehead atoms. The number of phenols is 3. The van der Waals surface area contributed by atoms with Crippen LogP contribution in [0, 0.1) is 0 Å². The Morgan fingerprint density at radius 2 is 1.82 bits per heavy atom. The number of rotatable bonds is 4. The highest BCUT2D eigenvalue weighted by atomic mass is 79.9. The summed E-state index contributed by atoms with van der Waals surface area (Å²) in [6, 6.07) is 10.5. The standard InChI is InChI=1S/C16H14BrNO3S/c17-12-3-1-2-10(6-12)4-5-15(22)18-9-11-7-13(19)16(21)14(20)8-11/h1-8,19-21H,9H2,(H,18,22)/b5-4+. The summed E-state index contributed by atoms with van der Waals surface area (Å²) < 4.78 is 0.989. The molecule has 0 heterocycles. The number of hydrogen-bond acceptors (Lipinski definition) is 4. The summed E-state index contributed by atoms with van der Waals surface area (Å²) in [5.74, 6) is -1.26. The average molecular weight is 380 g/mol. The Kier molecular flexibility index (Phi) is 5.41. The molecular weight excluding hydrogens is 366 g/mol. The molecule has 0 aliphatic carbocycles. The van der Waals surface area contributed by atoms with Crippen molar-refractivity contribution in [1.82, 2.24) is 5.32 Å². The zero-order valence-electron chi connectivity index (χ0n) is 11.5. The number of phenolic OH excluding ortho intramolecular Hbond substituents is 3. The van der Waals surface area contributed by atoms with Crippen LogP contribution in [0.25, 0.3) is 6.08 Å². The summed E-state index contributed by atoms with van der Waals surface area (Å²) in [6.07, 6.45) is 3.64. The quantitative estimate of drug-likeness (QED) is 0.370. The molecular formula is C16H14BrNO3S. The average Bonchev–Trinajstić information content (AvgIpc) is 2.48. The number of benzene rings is 2. The minimum atomic E-state index is -0.527. The fraction of sp³-hybridized carbons (Fsp3) is 0.0625. The fourth-order valence-electron chi connectivity index (χ4n) is 1.79. The number of thiocarbonyl (C=S) groups is 1. The second kappa shape index (κ2) is 7.29. The number of halogens is 1. The highest BCUT2D eigenvalue weighted by molar-refractivity contribution is 9.10. The molecule has 114 valence electrons. The number of nitrogens with one attached hydrogen (secondary N) is 1. The molecule has 0 saturated heterocycles. The van der Waals surface area contributed by atoms with E-state index in [0.29, 0.717) is 17.1 Å². The van der Waals surface area contributed by atoms with Gasteiger partial charge in [0.15, 0.2) is 17.2 Å². The van der Waals surface area contributed by atoms with E-state index in [1.165, 1.54) is 12.1 Å². The van der Waals surface area contributed by atoms with Gasteiger partial charge in [-0.3, -0.25) is 0 Å². The van der Waals surface area contributed by atoms with E-state index in [0.717, 1.165) is 10.0 Å². The predicted molar refractivity (Wildman–Crippen MR) is 94.1 cm³/mol. The third kappa shape index (κ3) is 4.47. The van der Waals surface area contributed by atoms with Crippen LogP contribution in [-0.2, 0) is 6.54 Å². The van der Waals surface area contributed by atoms with Gasteiger partial charge in [0.25, 0.3) is 0 Å². The van der Waals surface area contributed by atoms with Gasteiger partial charge in [0, 0.05) is 11.0 Å². The Balaban J connectivity index is 1.96. The predicted octanol–water partition coefficient (Wildman–Crippen LogP) is 3.70. The van der Waals surface area contributed by atoms with Gasteiger partial charge < -0.3 is 20.6 Å². The van der Waals surface area contributed by atoms with Crippen LogP contribution in [0.2, 0.25) is 0 Å². The topological polar surface area (TPSA) is 72.7 Å². The van der Waals surface area contributed by atoms with Gasteiger partial charge in [0.2, 0.25) is 0 Å². The molecule has 22 heavy (non-hydrogen) atoms. The molecule has 0 saturated carbocycles. The third-order valence-electron chi connectivity index (χ3n) is 2.87. The molecule has 0 aliphatic heterocycles. The van der Waals surface area contributed by atoms with Crippen molar-refractivity contribution in [3.05, 3.63) is 58.1 Å². The maximum Gasteiger partial charge on any atom is 0.200 e. The Morgan fingerprint density at radius 1 is 1.14 bits per heavy atom. The van der Waals surface area contributed by atoms with Crippen molar-refractivity contribution in [3.8, 4) is 17.2 Å². The van der Waals surface area contributed by atoms with Gasteiger partial charge in [-0.2, -0.15) is 0 Å². The van der Waals surface area contributed by atoms with E-state index in [9.17, 15) is 15.3 Å². The van der Waals surface area contributed by atoms with Crippen molar-refractivity contribution in [3.63, 3.8) is 0 Å². The number of aromatic hydroxyl groups is 3. The van der Waals surface area contributed by atoms with Gasteiger partial charge in [-0.05, 0) is 41.5 Å². The smallest absolute Gasteiger partial charge is 0.200 e. The zero-order valence-corrected chi connectivity index (χ0v) is 13.9. The van der Waals surface area contributed by atoms with E-state index in [-0.39, 0.29) is 11.5 Å². The Labute approximate surface area is 141 Å². The third-order valence-corrected chi connectivity index (χ3v) is 3.65. The van der Waals surface area contributed by atoms with Gasteiger partial charge >= 0.3 is 0 Å². The monoisotopic (exact) mass is 379 g/mol. The molecule has 6 heteroatoms. The summed E-state index contributed by atoms with van der Waals surface area (Å²) >= 11 is 8.59. The normalized spacial score (nSPS) is 10.8. The molecule has 4 N–H and O–H groups in total. The molecule has 0 aromatic heterocycles. The molecule has 2 rings (SSSR count). The van der Waals surface area contributed by atoms with Gasteiger partial charge in [-0.15, -0.1) is 0 Å². The Hall–Kier alpha value is -2.05. The van der Waals surface area contributed by atoms with Crippen LogP contribution in [0.4, 0.5) is 0 Å². The molecule has 2 aromatic carbocycles. The van der Waals surface area contributed by atoms with Gasteiger partial charge in [-0.1, -0.05) is 46.4 Å². The maximum atomic E-state index is 9.44. The lowest BCUT2D eigenvalue weighted by Crippen LogP contribution is -2.18. The van der Waals surface area contributed by atoms with Crippen LogP contribution >= 0.6 is 28.1 Å². The van der Waals surface area contributed by atoms with Gasteiger partial charge in [-0.25, -0.2) is 0 Å². The summed E-state index contributed by atoms with van der Waals surface area (Å²) in [7, 11) is 0. The SMILES string of the molecule is Oc1cc(CNC(=S)/C=C/c2cccc(Br)c2)cc(O)c1O. The van der Waals surface area contributed by atoms with Crippen molar-refractivity contribution in [2.45, 2.75) is 6.54 Å². The first-order chi connectivity index (χ1) is 10.5. The lowest BCUT2D eigenvalue weighted by Gasteiger charge is -2.07. The van der Waals surface area contributed by atoms with Crippen molar-refractivity contribution in [1.29, 1.82) is 0 Å². The minimum absolute atomic E-state index is 0.322. The van der Waals surface area contributed by atoms with E-state index < -0.39 is 5.75 Å². The zero-order chi connectivity index (χ0) is 16.1. The van der Waals surface area contributed by atoms with Crippen LogP contribution in [0.3, 0.4) is 0 Å². The van der Waals surface area contributed by atoms with E-state index in [1.807, 2.05) is 30.3 Å². The first-order valence-electron chi connectivity index (χ1n) is 6.41. The summed E-state index contributed by atoms with van der Waals surface area (Å²) in [6.45, 7) is 0.322. The van der Waals surface area contributed by atoms with Crippen molar-refractivity contribution >= 4 is 39.2 Å². The highest BCUT2D eigenvalue weighted by Crippen LogP contribution is 2.35. The summed E-state index contributed by atoms with van der Waals surface area (Å²) in [5, 5.41) is 31.1. The fourth-order valence-corrected chi connectivity index (χ4v) is 2.35. The maximum absolute atomic E-state index is 9.44. The van der Waals surface area contributed by atoms with Crippen molar-refractivity contribution < 1.29 is 15.3 Å². The van der Waals surface area contributed by atoms with Crippen molar-refractivity contribution in [2.24, 2.45) is 0 Å². The van der Waals surface area contributed by atoms with Crippen LogP contribution in [0.1, 0.15) is 11.1 Å². The molecule has 0 fully saturated rings. The Bertz CT molecular complexity index is 708. The molecule has 0 amide bonds. The molecule has 0 radical (unpaired) electrons. The van der Waals surface area contributed by atoms with Crippen LogP contribution in [-0.4, -0.2) is 20.3 Å². The highest BCUT2D eigenvalue weighted by Gasteiger charge is 2.07. The molecule has 0 unspecified atom stereocenters. The second-order valence-corrected chi connectivity index (χ2v) is 5.94. The van der Waals surface area contributed by atoms with E-state index >= 15 is 0 Å². The van der Waals surface area contributed by atoms with Crippen LogP contribution in [0.5, 0.6) is 17.2 Å². The summed E-state index contributed by atoms with van der Waals surface area (Å²) in [5.41, 5.74) is 1.62. The lowest BCUT2D eigenvalue weighted by molar-refractivity contribution is 0.367. The lowest BCUT2D eigenvalue weighted by atomic mass is 10.2. The minimum Gasteiger partial charge on any atom is -0.504 e. The van der Waals surface area contributed by atoms with Gasteiger partial charge in [0.05, 0.1) is 4.99 Å². The molecule has 0 aliphatic rings. The second-order valence-electron chi connectivity index (χ2n) is 4.59. The first kappa shape index (κ1) is 16.3. The molecule has 0 spiro atoms. The molecule has 0 atom stereocenters. The van der Waals surface area contributed by atoms with Gasteiger partial charge in [0.1, 0.15) is 0 Å². The van der Waals surface area contributed by atoms with E-state index in [1.54, 1.807) is 6.08 Å². The molecule has 4 nitrogen and oxygen atoms in total. The first-order valence-corrected chi connectivity index (χ1v) is 7.61. The van der Waals surface area contributed by atoms with E-state index in [2.05, 4.69) is 21.2 Å². The molecule has 2 aromatic rings. The van der Waals surface area contributed by atoms with Crippen LogP contribution in [0.15, 0.2) is 46.9 Å². The van der Waals surface area contributed by atoms with Crippen LogP contribution < -0.4 is 5.32 Å². The summed E-state index contributed by atoms with van der Waals surface area (Å²) in [4.78, 5) is 0.520. The van der Waals surface area contributed by atoms with Crippen molar-refractivity contribution in [2.75, 3.05) is 0 Å². The Morgan fingerprint density at radius 3 is 2.45 bits per heavy atom. The number of hydrogen-bond donors (Lipinski definition) is 4. The van der Waals surface area contributed by atoms with E-state index in [4.69, 9.17) is 12.2 Å².